The number of thioether (sulfide) groups is 1. The number of aliphatic hydroxyl groups excluding tert-OH is 1. The van der Waals surface area contributed by atoms with Crippen LogP contribution < -0.4 is 5.73 Å². The minimum absolute atomic E-state index is 0.0331. The Labute approximate surface area is 80.8 Å². The van der Waals surface area contributed by atoms with E-state index in [1.165, 1.54) is 4.21 Å². The van der Waals surface area contributed by atoms with Gasteiger partial charge in [-0.15, -0.1) is 23.1 Å². The van der Waals surface area contributed by atoms with Crippen LogP contribution in [0.4, 0.5) is 0 Å². The normalized spacial score (nSPS) is 15.9. The summed E-state index contributed by atoms with van der Waals surface area (Å²) in [7, 11) is 0. The molecular weight excluding hydrogens is 190 g/mol. The first-order chi connectivity index (χ1) is 5.64. The van der Waals surface area contributed by atoms with Crippen LogP contribution in [-0.4, -0.2) is 23.0 Å². The van der Waals surface area contributed by atoms with E-state index in [0.717, 1.165) is 5.75 Å². The second-order valence-corrected chi connectivity index (χ2v) is 5.26. The second kappa shape index (κ2) is 4.28. The van der Waals surface area contributed by atoms with E-state index in [0.29, 0.717) is 0 Å². The number of aliphatic hydroxyl groups is 1. The Balaban J connectivity index is 2.36. The highest BCUT2D eigenvalue weighted by Crippen LogP contribution is 2.25. The van der Waals surface area contributed by atoms with Crippen LogP contribution >= 0.6 is 23.1 Å². The number of nitrogens with two attached hydrogens (primary N) is 1. The molecule has 0 bridgehead atoms. The summed E-state index contributed by atoms with van der Waals surface area (Å²) in [4.78, 5) is 0. The van der Waals surface area contributed by atoms with Crippen LogP contribution in [0.3, 0.4) is 0 Å². The van der Waals surface area contributed by atoms with E-state index in [1.807, 2.05) is 18.4 Å². The van der Waals surface area contributed by atoms with Crippen molar-refractivity contribution in [2.24, 2.45) is 5.73 Å². The van der Waals surface area contributed by atoms with Crippen LogP contribution in [-0.2, 0) is 0 Å². The Morgan fingerprint density at radius 1 is 1.75 bits per heavy atom. The van der Waals surface area contributed by atoms with E-state index in [2.05, 4.69) is 6.07 Å². The first-order valence-corrected chi connectivity index (χ1v) is 5.57. The van der Waals surface area contributed by atoms with E-state index in [4.69, 9.17) is 10.8 Å². The first-order valence-electron chi connectivity index (χ1n) is 3.70. The highest BCUT2D eigenvalue weighted by atomic mass is 32.2. The molecule has 4 heteroatoms. The average Bonchev–Trinajstić information content (AvgIpc) is 2.53. The van der Waals surface area contributed by atoms with Gasteiger partial charge in [-0.05, 0) is 18.4 Å². The fourth-order valence-corrected chi connectivity index (χ4v) is 2.43. The molecule has 1 rings (SSSR count). The molecule has 0 saturated heterocycles. The third kappa shape index (κ3) is 3.15. The third-order valence-corrected chi connectivity index (χ3v) is 3.93. The molecule has 2 nitrogen and oxygen atoms in total. The van der Waals surface area contributed by atoms with Gasteiger partial charge in [-0.3, -0.25) is 0 Å². The predicted octanol–water partition coefficient (Wildman–Crippen LogP) is 1.55. The van der Waals surface area contributed by atoms with Gasteiger partial charge in [0.15, 0.2) is 0 Å². The van der Waals surface area contributed by atoms with Gasteiger partial charge in [-0.1, -0.05) is 6.07 Å². The maximum absolute atomic E-state index is 8.89. The maximum Gasteiger partial charge on any atom is 0.0616 e. The lowest BCUT2D eigenvalue weighted by atomic mass is 10.1. The van der Waals surface area contributed by atoms with Gasteiger partial charge in [-0.2, -0.15) is 0 Å². The van der Waals surface area contributed by atoms with E-state index in [1.54, 1.807) is 23.1 Å². The zero-order chi connectivity index (χ0) is 9.03. The quantitative estimate of drug-likeness (QED) is 0.730. The largest absolute Gasteiger partial charge is 0.394 e. The summed E-state index contributed by atoms with van der Waals surface area (Å²) >= 11 is 3.39. The lowest BCUT2D eigenvalue weighted by Gasteiger charge is -2.20. The van der Waals surface area contributed by atoms with E-state index < -0.39 is 5.54 Å². The van der Waals surface area contributed by atoms with Crippen LogP contribution in [0.1, 0.15) is 6.92 Å². The van der Waals surface area contributed by atoms with Crippen LogP contribution in [0.15, 0.2) is 21.7 Å². The van der Waals surface area contributed by atoms with Crippen molar-refractivity contribution in [3.05, 3.63) is 17.5 Å². The Morgan fingerprint density at radius 3 is 3.00 bits per heavy atom. The van der Waals surface area contributed by atoms with Crippen molar-refractivity contribution in [2.75, 3.05) is 12.4 Å². The Hall–Kier alpha value is -0.0300. The van der Waals surface area contributed by atoms with E-state index >= 15 is 0 Å². The molecule has 12 heavy (non-hydrogen) atoms. The SMILES string of the molecule is CC(N)(CO)CSc1cccs1. The standard InChI is InChI=1S/C8H13NOS2/c1-8(9,5-10)6-12-7-3-2-4-11-7/h2-4,10H,5-6,9H2,1H3. The minimum Gasteiger partial charge on any atom is -0.394 e. The van der Waals surface area contributed by atoms with Crippen LogP contribution in [0.2, 0.25) is 0 Å². The molecule has 1 unspecified atom stereocenters. The monoisotopic (exact) mass is 203 g/mol. The second-order valence-electron chi connectivity index (χ2n) is 3.03. The molecule has 1 heterocycles. The van der Waals surface area contributed by atoms with Crippen molar-refractivity contribution in [2.45, 2.75) is 16.7 Å². The van der Waals surface area contributed by atoms with Crippen molar-refractivity contribution in [3.63, 3.8) is 0 Å². The van der Waals surface area contributed by atoms with Gasteiger partial charge in [0, 0.05) is 11.3 Å². The van der Waals surface area contributed by atoms with Crippen molar-refractivity contribution >= 4 is 23.1 Å². The fraction of sp³-hybridized carbons (Fsp3) is 0.500. The minimum atomic E-state index is -0.464. The van der Waals surface area contributed by atoms with Gasteiger partial charge in [-0.25, -0.2) is 0 Å². The van der Waals surface area contributed by atoms with Crippen molar-refractivity contribution in [1.29, 1.82) is 0 Å². The summed E-state index contributed by atoms with van der Waals surface area (Å²) in [5, 5.41) is 10.9. The zero-order valence-electron chi connectivity index (χ0n) is 6.99. The Kier molecular flexibility index (Phi) is 3.58. The molecule has 0 amide bonds. The van der Waals surface area contributed by atoms with Gasteiger partial charge in [0.05, 0.1) is 10.8 Å². The number of hydrogen-bond acceptors (Lipinski definition) is 4. The van der Waals surface area contributed by atoms with Crippen LogP contribution in [0.5, 0.6) is 0 Å². The first kappa shape index (κ1) is 10.1. The summed E-state index contributed by atoms with van der Waals surface area (Å²) in [5.41, 5.74) is 5.30. The topological polar surface area (TPSA) is 46.2 Å². The summed E-state index contributed by atoms with van der Waals surface area (Å²) in [6, 6.07) is 4.07. The summed E-state index contributed by atoms with van der Waals surface area (Å²) in [6.07, 6.45) is 0. The molecule has 0 fully saturated rings. The summed E-state index contributed by atoms with van der Waals surface area (Å²) < 4.78 is 1.25. The molecule has 0 aromatic carbocycles. The molecule has 0 spiro atoms. The molecule has 0 aliphatic rings. The van der Waals surface area contributed by atoms with E-state index in [-0.39, 0.29) is 6.61 Å². The van der Waals surface area contributed by atoms with Gasteiger partial charge in [0.1, 0.15) is 0 Å². The van der Waals surface area contributed by atoms with Crippen molar-refractivity contribution in [3.8, 4) is 0 Å². The zero-order valence-corrected chi connectivity index (χ0v) is 8.62. The van der Waals surface area contributed by atoms with Crippen LogP contribution in [0.25, 0.3) is 0 Å². The molecular formula is C8H13NOS2. The van der Waals surface area contributed by atoms with Gasteiger partial charge < -0.3 is 10.8 Å². The average molecular weight is 203 g/mol. The van der Waals surface area contributed by atoms with E-state index in [9.17, 15) is 0 Å². The lowest BCUT2D eigenvalue weighted by molar-refractivity contribution is 0.224. The third-order valence-electron chi connectivity index (χ3n) is 1.40. The molecule has 0 aliphatic heterocycles. The summed E-state index contributed by atoms with van der Waals surface area (Å²) in [5.74, 6) is 0.754. The van der Waals surface area contributed by atoms with Gasteiger partial charge in [0.25, 0.3) is 0 Å². The molecule has 0 aliphatic carbocycles. The maximum atomic E-state index is 8.89. The summed E-state index contributed by atoms with van der Waals surface area (Å²) in [6.45, 7) is 1.89. The highest BCUT2D eigenvalue weighted by molar-refractivity contribution is 8.01. The molecule has 3 N–H and O–H groups in total. The molecule has 1 atom stereocenters. The fourth-order valence-electron chi connectivity index (χ4n) is 0.627. The van der Waals surface area contributed by atoms with Crippen LogP contribution in [0, 0.1) is 0 Å². The molecule has 68 valence electrons. The molecule has 0 radical (unpaired) electrons. The lowest BCUT2D eigenvalue weighted by Crippen LogP contribution is -2.42. The smallest absolute Gasteiger partial charge is 0.0616 e. The highest BCUT2D eigenvalue weighted by Gasteiger charge is 2.17. The molecule has 1 aromatic rings. The number of hydrogen-bond donors (Lipinski definition) is 2. The number of rotatable bonds is 4. The predicted molar refractivity (Wildman–Crippen MR) is 54.7 cm³/mol. The van der Waals surface area contributed by atoms with Gasteiger partial charge in [0.2, 0.25) is 0 Å². The Morgan fingerprint density at radius 2 is 2.50 bits per heavy atom. The van der Waals surface area contributed by atoms with Gasteiger partial charge >= 0.3 is 0 Å². The molecule has 0 saturated carbocycles. The Bertz CT molecular complexity index is 221. The van der Waals surface area contributed by atoms with Crippen molar-refractivity contribution < 1.29 is 5.11 Å². The number of thiophene rings is 1. The molecule has 1 aromatic heterocycles. The van der Waals surface area contributed by atoms with Crippen molar-refractivity contribution in [1.82, 2.24) is 0 Å².